The molecule has 33 heavy (non-hydrogen) atoms. The Labute approximate surface area is 187 Å². The fourth-order valence-corrected chi connectivity index (χ4v) is 3.88. The van der Waals surface area contributed by atoms with Crippen LogP contribution >= 0.6 is 0 Å². The van der Waals surface area contributed by atoms with Crippen molar-refractivity contribution in [2.24, 2.45) is 0 Å². The maximum absolute atomic E-state index is 13.7. The van der Waals surface area contributed by atoms with Gasteiger partial charge in [-0.2, -0.15) is 5.10 Å². The van der Waals surface area contributed by atoms with Crippen LogP contribution in [0.1, 0.15) is 38.7 Å². The predicted molar refractivity (Wildman–Crippen MR) is 117 cm³/mol. The standard InChI is InChI=1S/C24H18F2N4O3/c25-18-11-10-16(13-19(18)26)30-20-4-1-3-17(20)22(29-30)24(32)28-15-8-6-14(7-9-15)27-23(31)21-5-2-12-33-21/h2,5-13H,1,3-4H2,(H,27,31)(H,28,32). The Kier molecular flexibility index (Phi) is 5.21. The maximum atomic E-state index is 13.7. The van der Waals surface area contributed by atoms with Crippen LogP contribution in [0.3, 0.4) is 0 Å². The largest absolute Gasteiger partial charge is 0.459 e. The summed E-state index contributed by atoms with van der Waals surface area (Å²) in [7, 11) is 0. The van der Waals surface area contributed by atoms with E-state index in [0.29, 0.717) is 29.9 Å². The van der Waals surface area contributed by atoms with E-state index in [-0.39, 0.29) is 17.4 Å². The van der Waals surface area contributed by atoms with Crippen LogP contribution in [0.4, 0.5) is 20.2 Å². The molecule has 2 aromatic heterocycles. The van der Waals surface area contributed by atoms with E-state index in [9.17, 15) is 18.4 Å². The van der Waals surface area contributed by atoms with Crippen molar-refractivity contribution in [3.63, 3.8) is 0 Å². The third-order valence-corrected chi connectivity index (χ3v) is 5.44. The van der Waals surface area contributed by atoms with Crippen molar-refractivity contribution in [3.05, 3.63) is 95.2 Å². The van der Waals surface area contributed by atoms with E-state index in [1.54, 1.807) is 36.4 Å². The second kappa shape index (κ2) is 8.34. The zero-order valence-corrected chi connectivity index (χ0v) is 17.3. The van der Waals surface area contributed by atoms with Crippen molar-refractivity contribution in [2.45, 2.75) is 19.3 Å². The molecule has 0 bridgehead atoms. The van der Waals surface area contributed by atoms with E-state index in [2.05, 4.69) is 15.7 Å². The summed E-state index contributed by atoms with van der Waals surface area (Å²) in [5.74, 6) is -2.50. The van der Waals surface area contributed by atoms with Crippen LogP contribution in [0.25, 0.3) is 5.69 Å². The number of anilines is 2. The highest BCUT2D eigenvalue weighted by Gasteiger charge is 2.27. The second-order valence-corrected chi connectivity index (χ2v) is 7.60. The molecule has 166 valence electrons. The van der Waals surface area contributed by atoms with Gasteiger partial charge in [0.1, 0.15) is 0 Å². The van der Waals surface area contributed by atoms with E-state index in [1.165, 1.54) is 17.0 Å². The number of carbonyl (C=O) groups excluding carboxylic acids is 2. The van der Waals surface area contributed by atoms with Gasteiger partial charge in [0.2, 0.25) is 0 Å². The van der Waals surface area contributed by atoms with Gasteiger partial charge in [-0.05, 0) is 67.8 Å². The Bertz CT molecular complexity index is 1350. The van der Waals surface area contributed by atoms with Crippen molar-refractivity contribution in [3.8, 4) is 5.69 Å². The number of carbonyl (C=O) groups is 2. The number of halogens is 2. The first-order chi connectivity index (χ1) is 16.0. The van der Waals surface area contributed by atoms with Gasteiger partial charge in [0.05, 0.1) is 12.0 Å². The quantitative estimate of drug-likeness (QED) is 0.462. The van der Waals surface area contributed by atoms with E-state index in [4.69, 9.17) is 4.42 Å². The van der Waals surface area contributed by atoms with Gasteiger partial charge in [-0.1, -0.05) is 0 Å². The van der Waals surface area contributed by atoms with Gasteiger partial charge in [-0.15, -0.1) is 0 Å². The number of hydrogen-bond acceptors (Lipinski definition) is 4. The summed E-state index contributed by atoms with van der Waals surface area (Å²) < 4.78 is 33.6. The third kappa shape index (κ3) is 4.00. The SMILES string of the molecule is O=C(Nc1ccc(NC(=O)c2nn(-c3ccc(F)c(F)c3)c3c2CCC3)cc1)c1ccco1. The number of fused-ring (bicyclic) bond motifs is 1. The van der Waals surface area contributed by atoms with Crippen molar-refractivity contribution in [2.75, 3.05) is 10.6 Å². The molecule has 0 spiro atoms. The second-order valence-electron chi connectivity index (χ2n) is 7.60. The van der Waals surface area contributed by atoms with Gasteiger partial charge in [-0.25, -0.2) is 13.5 Å². The zero-order valence-electron chi connectivity index (χ0n) is 17.3. The molecule has 1 aliphatic carbocycles. The molecule has 0 saturated heterocycles. The number of furan rings is 1. The van der Waals surface area contributed by atoms with E-state index in [0.717, 1.165) is 29.8 Å². The smallest absolute Gasteiger partial charge is 0.291 e. The minimum absolute atomic E-state index is 0.192. The van der Waals surface area contributed by atoms with Crippen molar-refractivity contribution in [1.29, 1.82) is 0 Å². The van der Waals surface area contributed by atoms with Crippen LogP contribution in [-0.4, -0.2) is 21.6 Å². The molecule has 0 unspecified atom stereocenters. The summed E-state index contributed by atoms with van der Waals surface area (Å²) in [4.78, 5) is 25.0. The molecular formula is C24H18F2N4O3. The molecule has 5 rings (SSSR count). The molecule has 2 heterocycles. The van der Waals surface area contributed by atoms with Crippen LogP contribution in [0.5, 0.6) is 0 Å². The first-order valence-corrected chi connectivity index (χ1v) is 10.3. The molecule has 9 heteroatoms. The number of amides is 2. The highest BCUT2D eigenvalue weighted by Crippen LogP contribution is 2.29. The van der Waals surface area contributed by atoms with Crippen LogP contribution in [0, 0.1) is 11.6 Å². The summed E-state index contributed by atoms with van der Waals surface area (Å²) in [5, 5.41) is 9.91. The maximum Gasteiger partial charge on any atom is 0.291 e. The van der Waals surface area contributed by atoms with E-state index < -0.39 is 17.5 Å². The monoisotopic (exact) mass is 448 g/mol. The summed E-state index contributed by atoms with van der Waals surface area (Å²) in [5.41, 5.74) is 3.30. The van der Waals surface area contributed by atoms with Crippen LogP contribution < -0.4 is 10.6 Å². The van der Waals surface area contributed by atoms with Gasteiger partial charge in [0.25, 0.3) is 11.8 Å². The topological polar surface area (TPSA) is 89.2 Å². The first kappa shape index (κ1) is 20.6. The van der Waals surface area contributed by atoms with Crippen molar-refractivity contribution >= 4 is 23.2 Å². The molecular weight excluding hydrogens is 430 g/mol. The average Bonchev–Trinajstić information content (AvgIpc) is 3.55. The van der Waals surface area contributed by atoms with Crippen molar-refractivity contribution < 1.29 is 22.8 Å². The molecule has 0 aliphatic heterocycles. The Morgan fingerprint density at radius 1 is 0.909 bits per heavy atom. The minimum atomic E-state index is -0.972. The molecule has 0 radical (unpaired) electrons. The van der Waals surface area contributed by atoms with Crippen molar-refractivity contribution in [1.82, 2.24) is 9.78 Å². The highest BCUT2D eigenvalue weighted by atomic mass is 19.2. The Morgan fingerprint density at radius 3 is 2.30 bits per heavy atom. The Hall–Kier alpha value is -4.27. The van der Waals surface area contributed by atoms with Crippen LogP contribution in [0.2, 0.25) is 0 Å². The summed E-state index contributed by atoms with van der Waals surface area (Å²) in [6, 6.07) is 13.3. The highest BCUT2D eigenvalue weighted by molar-refractivity contribution is 6.05. The fourth-order valence-electron chi connectivity index (χ4n) is 3.88. The van der Waals surface area contributed by atoms with Gasteiger partial charge in [-0.3, -0.25) is 9.59 Å². The molecule has 0 fully saturated rings. The lowest BCUT2D eigenvalue weighted by atomic mass is 10.2. The summed E-state index contributed by atoms with van der Waals surface area (Å²) in [6.45, 7) is 0. The number of nitrogens with zero attached hydrogens (tertiary/aromatic N) is 2. The molecule has 1 aliphatic rings. The van der Waals surface area contributed by atoms with E-state index in [1.807, 2.05) is 0 Å². The number of aromatic nitrogens is 2. The lowest BCUT2D eigenvalue weighted by molar-refractivity contribution is 0.0994. The molecule has 2 aromatic carbocycles. The lowest BCUT2D eigenvalue weighted by Gasteiger charge is -2.07. The lowest BCUT2D eigenvalue weighted by Crippen LogP contribution is -2.15. The van der Waals surface area contributed by atoms with E-state index >= 15 is 0 Å². The molecule has 7 nitrogen and oxygen atoms in total. The molecule has 4 aromatic rings. The molecule has 2 N–H and O–H groups in total. The Balaban J connectivity index is 1.34. The fraction of sp³-hybridized carbons (Fsp3) is 0.125. The summed E-state index contributed by atoms with van der Waals surface area (Å²) in [6.07, 6.45) is 3.64. The Morgan fingerprint density at radius 2 is 1.64 bits per heavy atom. The predicted octanol–water partition coefficient (Wildman–Crippen LogP) is 4.74. The number of benzene rings is 2. The molecule has 0 atom stereocenters. The van der Waals surface area contributed by atoms with Gasteiger partial charge < -0.3 is 15.1 Å². The number of nitrogens with one attached hydrogen (secondary N) is 2. The third-order valence-electron chi connectivity index (χ3n) is 5.44. The normalized spacial score (nSPS) is 12.4. The average molecular weight is 448 g/mol. The molecule has 0 saturated carbocycles. The van der Waals surface area contributed by atoms with Gasteiger partial charge in [0.15, 0.2) is 23.1 Å². The van der Waals surface area contributed by atoms with Gasteiger partial charge >= 0.3 is 0 Å². The molecule has 2 amide bonds. The van der Waals surface area contributed by atoms with Gasteiger partial charge in [0, 0.05) is 28.7 Å². The van der Waals surface area contributed by atoms with Crippen LogP contribution in [-0.2, 0) is 12.8 Å². The minimum Gasteiger partial charge on any atom is -0.459 e. The number of rotatable bonds is 5. The van der Waals surface area contributed by atoms with Crippen LogP contribution in [0.15, 0.2) is 65.3 Å². The first-order valence-electron chi connectivity index (χ1n) is 10.3. The number of hydrogen-bond donors (Lipinski definition) is 2. The zero-order chi connectivity index (χ0) is 22.9. The summed E-state index contributed by atoms with van der Waals surface area (Å²) >= 11 is 0.